The van der Waals surface area contributed by atoms with Crippen LogP contribution in [-0.4, -0.2) is 17.1 Å². The van der Waals surface area contributed by atoms with Gasteiger partial charge in [-0.1, -0.05) is 44.2 Å². The molecule has 2 aliphatic carbocycles. The van der Waals surface area contributed by atoms with E-state index in [1.807, 2.05) is 6.07 Å². The molecule has 2 fully saturated rings. The number of nitrogens with one attached hydrogen (secondary N) is 1. The fraction of sp³-hybridized carbons (Fsp3) is 0.611. The van der Waals surface area contributed by atoms with Gasteiger partial charge >= 0.3 is 5.97 Å². The van der Waals surface area contributed by atoms with Crippen molar-refractivity contribution >= 4 is 5.97 Å². The minimum absolute atomic E-state index is 0.133. The summed E-state index contributed by atoms with van der Waals surface area (Å²) in [5.74, 6) is 0.555. The van der Waals surface area contributed by atoms with Gasteiger partial charge in [-0.05, 0) is 42.6 Å². The highest BCUT2D eigenvalue weighted by molar-refractivity contribution is 5.72. The predicted molar refractivity (Wildman–Crippen MR) is 82.9 cm³/mol. The topological polar surface area (TPSA) is 49.3 Å². The SMILES string of the molecule is CC(C)C(NC1C2CCC(C2)C1C(=O)O)c1ccccc1. The summed E-state index contributed by atoms with van der Waals surface area (Å²) in [5.41, 5.74) is 1.26. The van der Waals surface area contributed by atoms with E-state index in [4.69, 9.17) is 0 Å². The summed E-state index contributed by atoms with van der Waals surface area (Å²) in [6, 6.07) is 10.8. The molecule has 2 N–H and O–H groups in total. The van der Waals surface area contributed by atoms with Gasteiger partial charge < -0.3 is 10.4 Å². The average Bonchev–Trinajstić information content (AvgIpc) is 3.05. The Hall–Kier alpha value is -1.35. The van der Waals surface area contributed by atoms with Crippen molar-refractivity contribution in [2.24, 2.45) is 23.7 Å². The number of aliphatic carboxylic acids is 1. The van der Waals surface area contributed by atoms with Crippen LogP contribution in [0.25, 0.3) is 0 Å². The Balaban J connectivity index is 1.81. The van der Waals surface area contributed by atoms with E-state index in [9.17, 15) is 9.90 Å². The number of hydrogen-bond acceptors (Lipinski definition) is 2. The fourth-order valence-electron chi connectivity index (χ4n) is 4.43. The van der Waals surface area contributed by atoms with E-state index in [-0.39, 0.29) is 18.0 Å². The first-order valence-corrected chi connectivity index (χ1v) is 8.11. The van der Waals surface area contributed by atoms with Gasteiger partial charge in [0.25, 0.3) is 0 Å². The molecule has 0 heterocycles. The number of fused-ring (bicyclic) bond motifs is 2. The summed E-state index contributed by atoms with van der Waals surface area (Å²) in [5, 5.41) is 13.3. The van der Waals surface area contributed by atoms with E-state index in [1.165, 1.54) is 12.0 Å². The monoisotopic (exact) mass is 287 g/mol. The molecule has 114 valence electrons. The Labute approximate surface area is 126 Å². The number of benzene rings is 1. The Morgan fingerprint density at radius 1 is 1.19 bits per heavy atom. The minimum Gasteiger partial charge on any atom is -0.481 e. The van der Waals surface area contributed by atoms with E-state index in [0.717, 1.165) is 12.8 Å². The van der Waals surface area contributed by atoms with Gasteiger partial charge in [0.2, 0.25) is 0 Å². The van der Waals surface area contributed by atoms with Crippen LogP contribution in [0.1, 0.15) is 44.7 Å². The molecule has 2 saturated carbocycles. The summed E-state index contributed by atoms with van der Waals surface area (Å²) in [6.07, 6.45) is 3.37. The van der Waals surface area contributed by atoms with Crippen LogP contribution in [0.2, 0.25) is 0 Å². The van der Waals surface area contributed by atoms with Crippen molar-refractivity contribution < 1.29 is 9.90 Å². The third-order valence-corrected chi connectivity index (χ3v) is 5.40. The zero-order valence-electron chi connectivity index (χ0n) is 12.8. The zero-order chi connectivity index (χ0) is 15.0. The largest absolute Gasteiger partial charge is 0.481 e. The Kier molecular flexibility index (Phi) is 4.03. The normalized spacial score (nSPS) is 32.5. The van der Waals surface area contributed by atoms with Crippen molar-refractivity contribution in [1.29, 1.82) is 0 Å². The number of rotatable bonds is 5. The number of carboxylic acid groups (broad SMARTS) is 1. The molecule has 2 bridgehead atoms. The lowest BCUT2D eigenvalue weighted by Gasteiger charge is -2.34. The van der Waals surface area contributed by atoms with Gasteiger partial charge in [0.05, 0.1) is 5.92 Å². The van der Waals surface area contributed by atoms with Crippen LogP contribution in [-0.2, 0) is 4.79 Å². The summed E-state index contributed by atoms with van der Waals surface area (Å²) >= 11 is 0. The van der Waals surface area contributed by atoms with Crippen LogP contribution in [0.4, 0.5) is 0 Å². The van der Waals surface area contributed by atoms with Crippen molar-refractivity contribution in [3.8, 4) is 0 Å². The van der Waals surface area contributed by atoms with Crippen LogP contribution in [0.5, 0.6) is 0 Å². The number of carbonyl (C=O) groups is 1. The molecular formula is C18H25NO2. The molecule has 2 aliphatic rings. The van der Waals surface area contributed by atoms with Crippen LogP contribution >= 0.6 is 0 Å². The van der Waals surface area contributed by atoms with Gasteiger partial charge in [-0.3, -0.25) is 4.79 Å². The molecule has 0 amide bonds. The minimum atomic E-state index is -0.615. The van der Waals surface area contributed by atoms with Gasteiger partial charge in [-0.2, -0.15) is 0 Å². The van der Waals surface area contributed by atoms with Crippen molar-refractivity contribution in [3.63, 3.8) is 0 Å². The lowest BCUT2D eigenvalue weighted by molar-refractivity contribution is -0.144. The molecule has 21 heavy (non-hydrogen) atoms. The van der Waals surface area contributed by atoms with Gasteiger partial charge in [-0.15, -0.1) is 0 Å². The highest BCUT2D eigenvalue weighted by Gasteiger charge is 2.51. The van der Waals surface area contributed by atoms with Crippen molar-refractivity contribution in [1.82, 2.24) is 5.32 Å². The molecule has 0 spiro atoms. The maximum atomic E-state index is 11.6. The second-order valence-corrected chi connectivity index (χ2v) is 7.02. The molecule has 3 heteroatoms. The van der Waals surface area contributed by atoms with E-state index in [2.05, 4.69) is 43.4 Å². The van der Waals surface area contributed by atoms with E-state index in [1.54, 1.807) is 0 Å². The van der Waals surface area contributed by atoms with Gasteiger partial charge in [0.1, 0.15) is 0 Å². The van der Waals surface area contributed by atoms with Crippen molar-refractivity contribution in [2.75, 3.05) is 0 Å². The van der Waals surface area contributed by atoms with Gasteiger partial charge in [0.15, 0.2) is 0 Å². The van der Waals surface area contributed by atoms with Crippen LogP contribution in [0.3, 0.4) is 0 Å². The molecule has 3 nitrogen and oxygen atoms in total. The summed E-state index contributed by atoms with van der Waals surface area (Å²) in [6.45, 7) is 4.40. The first kappa shape index (κ1) is 14.6. The molecule has 0 radical (unpaired) electrons. The third-order valence-electron chi connectivity index (χ3n) is 5.40. The van der Waals surface area contributed by atoms with Crippen LogP contribution < -0.4 is 5.32 Å². The lowest BCUT2D eigenvalue weighted by Crippen LogP contribution is -2.46. The maximum Gasteiger partial charge on any atom is 0.308 e. The second-order valence-electron chi connectivity index (χ2n) is 7.02. The quantitative estimate of drug-likeness (QED) is 0.871. The first-order chi connectivity index (χ1) is 10.1. The molecule has 0 aliphatic heterocycles. The molecule has 3 rings (SSSR count). The molecule has 5 atom stereocenters. The molecule has 0 saturated heterocycles. The van der Waals surface area contributed by atoms with Crippen molar-refractivity contribution in [2.45, 2.75) is 45.2 Å². The highest BCUT2D eigenvalue weighted by Crippen LogP contribution is 2.49. The van der Waals surface area contributed by atoms with E-state index >= 15 is 0 Å². The average molecular weight is 287 g/mol. The summed E-state index contributed by atoms with van der Waals surface area (Å²) in [4.78, 5) is 11.6. The molecule has 5 unspecified atom stereocenters. The van der Waals surface area contributed by atoms with E-state index < -0.39 is 5.97 Å². The van der Waals surface area contributed by atoms with Gasteiger partial charge in [0, 0.05) is 12.1 Å². The maximum absolute atomic E-state index is 11.6. The number of carboxylic acids is 1. The molecule has 1 aromatic rings. The fourth-order valence-corrected chi connectivity index (χ4v) is 4.43. The highest BCUT2D eigenvalue weighted by atomic mass is 16.4. The smallest absolute Gasteiger partial charge is 0.308 e. The molecule has 1 aromatic carbocycles. The summed E-state index contributed by atoms with van der Waals surface area (Å²) in [7, 11) is 0. The predicted octanol–water partition coefficient (Wildman–Crippen LogP) is 3.47. The van der Waals surface area contributed by atoms with Gasteiger partial charge in [-0.25, -0.2) is 0 Å². The standard InChI is InChI=1S/C18H25NO2/c1-11(2)16(12-6-4-3-5-7-12)19-17-14-9-8-13(10-14)15(17)18(20)21/h3-7,11,13-17,19H,8-10H2,1-2H3,(H,20,21). The third kappa shape index (κ3) is 2.71. The Morgan fingerprint density at radius 3 is 2.48 bits per heavy atom. The van der Waals surface area contributed by atoms with E-state index in [0.29, 0.717) is 17.8 Å². The first-order valence-electron chi connectivity index (χ1n) is 8.11. The number of hydrogen-bond donors (Lipinski definition) is 2. The van der Waals surface area contributed by atoms with Crippen LogP contribution in [0, 0.1) is 23.7 Å². The second kappa shape index (κ2) is 5.80. The summed E-state index contributed by atoms with van der Waals surface area (Å²) < 4.78 is 0. The van der Waals surface area contributed by atoms with Crippen LogP contribution in [0.15, 0.2) is 30.3 Å². The Morgan fingerprint density at radius 2 is 1.86 bits per heavy atom. The molecule has 0 aromatic heterocycles. The lowest BCUT2D eigenvalue weighted by atomic mass is 9.83. The zero-order valence-corrected chi connectivity index (χ0v) is 12.8. The molecular weight excluding hydrogens is 262 g/mol. The van der Waals surface area contributed by atoms with Crippen molar-refractivity contribution in [3.05, 3.63) is 35.9 Å². The Bertz CT molecular complexity index is 499.